The number of ether oxygens (including phenoxy) is 2. The fraction of sp³-hybridized carbons (Fsp3) is 0.889. The third-order valence-electron chi connectivity index (χ3n) is 2.64. The van der Waals surface area contributed by atoms with Crippen LogP contribution in [0.4, 0.5) is 0 Å². The molecule has 5 atom stereocenters. The summed E-state index contributed by atoms with van der Waals surface area (Å²) in [6.45, 7) is 2.66. The summed E-state index contributed by atoms with van der Waals surface area (Å²) in [6.07, 6.45) is -9.86. The molecule has 0 bridgehead atoms. The van der Waals surface area contributed by atoms with Crippen LogP contribution in [0.3, 0.4) is 0 Å². The Kier molecular flexibility index (Phi) is 4.76. The fourth-order valence-corrected chi connectivity index (χ4v) is 2.77. The first-order valence-corrected chi connectivity index (χ1v) is 6.97. The molecule has 1 aliphatic heterocycles. The van der Waals surface area contributed by atoms with E-state index in [1.807, 2.05) is 0 Å². The number of aliphatic hydroxyl groups is 3. The lowest BCUT2D eigenvalue weighted by Gasteiger charge is -2.45. The second kappa shape index (κ2) is 5.52. The molecule has 0 aromatic rings. The van der Waals surface area contributed by atoms with Gasteiger partial charge in [-0.25, -0.2) is 4.79 Å². The first-order chi connectivity index (χ1) is 8.94. The SMILES string of the molecule is CC(C)O[C@]1(S(=O)(=O)O)O[C@H](C(=O)O)[C@H](O)[C@H](O)[C@H]1O. The summed E-state index contributed by atoms with van der Waals surface area (Å²) in [7, 11) is -5.28. The van der Waals surface area contributed by atoms with Gasteiger partial charge in [-0.05, 0) is 13.8 Å². The number of aliphatic carboxylic acids is 1. The van der Waals surface area contributed by atoms with Gasteiger partial charge in [-0.15, -0.1) is 0 Å². The third-order valence-corrected chi connectivity index (χ3v) is 3.79. The maximum atomic E-state index is 11.4. The van der Waals surface area contributed by atoms with E-state index in [2.05, 4.69) is 4.74 Å². The van der Waals surface area contributed by atoms with Crippen LogP contribution < -0.4 is 0 Å². The van der Waals surface area contributed by atoms with Crippen molar-refractivity contribution in [3.8, 4) is 0 Å². The number of hydrogen-bond donors (Lipinski definition) is 5. The van der Waals surface area contributed by atoms with Gasteiger partial charge in [0.25, 0.3) is 0 Å². The van der Waals surface area contributed by atoms with E-state index >= 15 is 0 Å². The molecule has 0 aromatic carbocycles. The second-order valence-electron chi connectivity index (χ2n) is 4.55. The van der Waals surface area contributed by atoms with Crippen molar-refractivity contribution in [2.75, 3.05) is 0 Å². The van der Waals surface area contributed by atoms with Gasteiger partial charge in [-0.3, -0.25) is 4.55 Å². The zero-order valence-corrected chi connectivity index (χ0v) is 11.4. The highest BCUT2D eigenvalue weighted by molar-refractivity contribution is 7.87. The summed E-state index contributed by atoms with van der Waals surface area (Å²) in [5, 5.41) is 34.4. The van der Waals surface area contributed by atoms with Crippen LogP contribution in [0.2, 0.25) is 0 Å². The van der Waals surface area contributed by atoms with Crippen molar-refractivity contribution in [1.82, 2.24) is 0 Å². The van der Waals surface area contributed by atoms with Gasteiger partial charge in [0.2, 0.25) is 0 Å². The lowest BCUT2D eigenvalue weighted by Crippen LogP contribution is -2.70. The quantitative estimate of drug-likeness (QED) is 0.350. The summed E-state index contributed by atoms with van der Waals surface area (Å²) < 4.78 is 41.5. The smallest absolute Gasteiger partial charge is 0.335 e. The molecule has 0 spiro atoms. The summed E-state index contributed by atoms with van der Waals surface area (Å²) in [4.78, 5) is 10.9. The predicted molar refractivity (Wildman–Crippen MR) is 61.0 cm³/mol. The highest BCUT2D eigenvalue weighted by atomic mass is 32.2. The van der Waals surface area contributed by atoms with Crippen LogP contribution in [-0.2, 0) is 24.4 Å². The van der Waals surface area contributed by atoms with Gasteiger partial charge in [-0.2, -0.15) is 8.42 Å². The Balaban J connectivity index is 3.37. The number of aliphatic hydroxyl groups excluding tert-OH is 3. The summed E-state index contributed by atoms with van der Waals surface area (Å²) in [6, 6.07) is 0. The fourth-order valence-electron chi connectivity index (χ4n) is 1.79. The van der Waals surface area contributed by atoms with E-state index in [0.29, 0.717) is 0 Å². The van der Waals surface area contributed by atoms with Gasteiger partial charge in [0.1, 0.15) is 12.2 Å². The molecule has 0 aliphatic carbocycles. The molecule has 118 valence electrons. The summed E-state index contributed by atoms with van der Waals surface area (Å²) in [5.74, 6) is -1.80. The van der Waals surface area contributed by atoms with E-state index in [1.165, 1.54) is 13.8 Å². The molecule has 0 radical (unpaired) electrons. The average Bonchev–Trinajstić information content (AvgIpc) is 2.27. The molecule has 5 N–H and O–H groups in total. The van der Waals surface area contributed by atoms with Gasteiger partial charge in [0, 0.05) is 0 Å². The third kappa shape index (κ3) is 2.79. The Bertz CT molecular complexity index is 473. The van der Waals surface area contributed by atoms with Crippen LogP contribution in [0.5, 0.6) is 0 Å². The Morgan fingerprint density at radius 3 is 2.10 bits per heavy atom. The van der Waals surface area contributed by atoms with Crippen LogP contribution >= 0.6 is 0 Å². The first-order valence-electron chi connectivity index (χ1n) is 5.53. The van der Waals surface area contributed by atoms with Crippen molar-refractivity contribution in [3.05, 3.63) is 0 Å². The summed E-state index contributed by atoms with van der Waals surface area (Å²) in [5.41, 5.74) is 0. The minimum absolute atomic E-state index is 0.913. The number of hydrogen-bond acceptors (Lipinski definition) is 8. The van der Waals surface area contributed by atoms with Crippen molar-refractivity contribution in [2.24, 2.45) is 0 Å². The van der Waals surface area contributed by atoms with Crippen molar-refractivity contribution < 1.29 is 47.7 Å². The number of carboxylic acids is 1. The van der Waals surface area contributed by atoms with E-state index in [9.17, 15) is 33.1 Å². The Morgan fingerprint density at radius 2 is 1.75 bits per heavy atom. The average molecular weight is 316 g/mol. The highest BCUT2D eigenvalue weighted by Gasteiger charge is 2.64. The zero-order valence-electron chi connectivity index (χ0n) is 10.6. The maximum Gasteiger partial charge on any atom is 0.335 e. The zero-order chi connectivity index (χ0) is 15.9. The van der Waals surface area contributed by atoms with Crippen LogP contribution in [0, 0.1) is 0 Å². The maximum absolute atomic E-state index is 11.4. The molecule has 1 saturated heterocycles. The topological polar surface area (TPSA) is 171 Å². The molecule has 10 nitrogen and oxygen atoms in total. The van der Waals surface area contributed by atoms with Crippen LogP contribution in [0.25, 0.3) is 0 Å². The molecule has 20 heavy (non-hydrogen) atoms. The Labute approximate surface area is 114 Å². The minimum atomic E-state index is -5.28. The molecular formula is C9H16O10S. The Morgan fingerprint density at radius 1 is 1.25 bits per heavy atom. The first kappa shape index (κ1) is 17.2. The monoisotopic (exact) mass is 316 g/mol. The second-order valence-corrected chi connectivity index (χ2v) is 6.07. The largest absolute Gasteiger partial charge is 0.479 e. The van der Waals surface area contributed by atoms with E-state index in [0.717, 1.165) is 0 Å². The highest BCUT2D eigenvalue weighted by Crippen LogP contribution is 2.36. The van der Waals surface area contributed by atoms with Crippen molar-refractivity contribution >= 4 is 16.1 Å². The molecule has 0 saturated carbocycles. The van der Waals surface area contributed by atoms with Crippen molar-refractivity contribution in [3.63, 3.8) is 0 Å². The molecule has 0 aromatic heterocycles. The van der Waals surface area contributed by atoms with Gasteiger partial charge in [0.05, 0.1) is 6.10 Å². The molecule has 11 heteroatoms. The molecule has 0 amide bonds. The minimum Gasteiger partial charge on any atom is -0.479 e. The number of rotatable bonds is 4. The number of carboxylic acid groups (broad SMARTS) is 1. The van der Waals surface area contributed by atoms with Gasteiger partial charge in [0.15, 0.2) is 12.2 Å². The molecule has 1 heterocycles. The van der Waals surface area contributed by atoms with E-state index in [4.69, 9.17) is 9.84 Å². The number of carbonyl (C=O) groups is 1. The van der Waals surface area contributed by atoms with Crippen LogP contribution in [0.15, 0.2) is 0 Å². The van der Waals surface area contributed by atoms with E-state index in [1.54, 1.807) is 0 Å². The standard InChI is InChI=1S/C9H16O10S/c1-3(2)18-9(20(15,16)17)7(12)5(11)4(10)6(19-9)8(13)14/h3-7,10-12H,1-2H3,(H,13,14)(H,15,16,17)/t4-,5+,6+,7-,9+/m1/s1. The van der Waals surface area contributed by atoms with E-state index in [-0.39, 0.29) is 0 Å². The normalized spacial score (nSPS) is 39.0. The Hall–Kier alpha value is -0.820. The van der Waals surface area contributed by atoms with Gasteiger partial charge in [-0.1, -0.05) is 0 Å². The molecular weight excluding hydrogens is 300 g/mol. The molecule has 1 rings (SSSR count). The lowest BCUT2D eigenvalue weighted by molar-refractivity contribution is -0.326. The lowest BCUT2D eigenvalue weighted by atomic mass is 9.98. The van der Waals surface area contributed by atoms with Crippen molar-refractivity contribution in [2.45, 2.75) is 49.5 Å². The molecule has 1 fully saturated rings. The van der Waals surface area contributed by atoms with Gasteiger partial charge < -0.3 is 29.9 Å². The van der Waals surface area contributed by atoms with Crippen molar-refractivity contribution in [1.29, 1.82) is 0 Å². The van der Waals surface area contributed by atoms with E-state index < -0.39 is 51.7 Å². The predicted octanol–water partition coefficient (Wildman–Crippen LogP) is -2.48. The van der Waals surface area contributed by atoms with Crippen LogP contribution in [-0.4, -0.2) is 75.0 Å². The van der Waals surface area contributed by atoms with Crippen LogP contribution in [0.1, 0.15) is 13.8 Å². The molecule has 1 aliphatic rings. The van der Waals surface area contributed by atoms with Gasteiger partial charge >= 0.3 is 21.2 Å². The summed E-state index contributed by atoms with van der Waals surface area (Å²) >= 11 is 0. The molecule has 0 unspecified atom stereocenters.